The third-order valence-electron chi connectivity index (χ3n) is 4.24. The molecule has 4 nitrogen and oxygen atoms in total. The van der Waals surface area contributed by atoms with Gasteiger partial charge in [-0.25, -0.2) is 4.79 Å². The van der Waals surface area contributed by atoms with Gasteiger partial charge in [-0.2, -0.15) is 0 Å². The Balaban J connectivity index is 1.82. The highest BCUT2D eigenvalue weighted by atomic mass is 79.9. The van der Waals surface area contributed by atoms with Crippen molar-refractivity contribution in [2.45, 2.75) is 44.2 Å². The van der Waals surface area contributed by atoms with Gasteiger partial charge in [-0.1, -0.05) is 53.4 Å². The summed E-state index contributed by atoms with van der Waals surface area (Å²) in [4.78, 5) is 26.1. The predicted molar refractivity (Wildman–Crippen MR) is 79.0 cm³/mol. The van der Waals surface area contributed by atoms with Gasteiger partial charge in [0.15, 0.2) is 0 Å². The standard InChI is InChI=1S/C15H17BrN2O2/c16-12-7-3-2-6-11(12)10-18-13(19)15(17-14(18)20)8-4-1-5-9-15/h2-3,6-7H,1,4-5,8-10H2,(H,17,20). The quantitative estimate of drug-likeness (QED) is 0.843. The molecule has 3 amide bonds. The number of nitrogens with one attached hydrogen (secondary N) is 1. The molecule has 0 radical (unpaired) electrons. The Morgan fingerprint density at radius 1 is 1.15 bits per heavy atom. The Morgan fingerprint density at radius 3 is 2.55 bits per heavy atom. The number of carbonyl (C=O) groups excluding carboxylic acids is 2. The summed E-state index contributed by atoms with van der Waals surface area (Å²) < 4.78 is 0.921. The number of hydrogen-bond donors (Lipinski definition) is 1. The van der Waals surface area contributed by atoms with Crippen LogP contribution in [0, 0.1) is 0 Å². The number of halogens is 1. The van der Waals surface area contributed by atoms with Crippen LogP contribution in [0.3, 0.4) is 0 Å². The highest BCUT2D eigenvalue weighted by Crippen LogP contribution is 2.34. The SMILES string of the molecule is O=C1NC2(CCCCC2)C(=O)N1Cc1ccccc1Br. The van der Waals surface area contributed by atoms with Crippen molar-refractivity contribution in [3.8, 4) is 0 Å². The summed E-state index contributed by atoms with van der Waals surface area (Å²) in [6.07, 6.45) is 4.70. The number of urea groups is 1. The second kappa shape index (κ2) is 5.20. The van der Waals surface area contributed by atoms with Gasteiger partial charge in [0.2, 0.25) is 0 Å². The first-order valence-electron chi connectivity index (χ1n) is 7.00. The zero-order chi connectivity index (χ0) is 14.2. The summed E-state index contributed by atoms with van der Waals surface area (Å²) in [6.45, 7) is 0.327. The number of imide groups is 1. The van der Waals surface area contributed by atoms with E-state index >= 15 is 0 Å². The summed E-state index contributed by atoms with van der Waals surface area (Å²) in [5.74, 6) is -0.0575. The maximum absolute atomic E-state index is 12.6. The van der Waals surface area contributed by atoms with Crippen LogP contribution in [0.2, 0.25) is 0 Å². The van der Waals surface area contributed by atoms with Crippen molar-refractivity contribution in [1.82, 2.24) is 10.2 Å². The van der Waals surface area contributed by atoms with E-state index in [1.165, 1.54) is 4.90 Å². The number of hydrogen-bond acceptors (Lipinski definition) is 2. The maximum atomic E-state index is 12.6. The van der Waals surface area contributed by atoms with Crippen LogP contribution in [0.4, 0.5) is 4.79 Å². The first-order valence-corrected chi connectivity index (χ1v) is 7.79. The van der Waals surface area contributed by atoms with Crippen molar-refractivity contribution in [1.29, 1.82) is 0 Å². The van der Waals surface area contributed by atoms with Crippen molar-refractivity contribution in [3.05, 3.63) is 34.3 Å². The Morgan fingerprint density at radius 2 is 1.85 bits per heavy atom. The van der Waals surface area contributed by atoms with E-state index < -0.39 is 5.54 Å². The Labute approximate surface area is 126 Å². The fraction of sp³-hybridized carbons (Fsp3) is 0.467. The van der Waals surface area contributed by atoms with Crippen LogP contribution in [-0.4, -0.2) is 22.4 Å². The molecule has 1 aliphatic heterocycles. The number of rotatable bonds is 2. The van der Waals surface area contributed by atoms with Crippen molar-refractivity contribution in [2.75, 3.05) is 0 Å². The average Bonchev–Trinajstić information content (AvgIpc) is 2.66. The zero-order valence-corrected chi connectivity index (χ0v) is 12.8. The van der Waals surface area contributed by atoms with Gasteiger partial charge >= 0.3 is 6.03 Å². The predicted octanol–water partition coefficient (Wildman–Crippen LogP) is 3.20. The molecular formula is C15H17BrN2O2. The van der Waals surface area contributed by atoms with Gasteiger partial charge in [-0.15, -0.1) is 0 Å². The molecule has 2 fully saturated rings. The molecule has 0 aromatic heterocycles. The van der Waals surface area contributed by atoms with Gasteiger partial charge in [0.05, 0.1) is 6.54 Å². The molecule has 3 rings (SSSR count). The second-order valence-corrected chi connectivity index (χ2v) is 6.41. The van der Waals surface area contributed by atoms with Crippen LogP contribution in [-0.2, 0) is 11.3 Å². The molecule has 1 saturated carbocycles. The highest BCUT2D eigenvalue weighted by molar-refractivity contribution is 9.10. The monoisotopic (exact) mass is 336 g/mol. The van der Waals surface area contributed by atoms with Crippen LogP contribution >= 0.6 is 15.9 Å². The van der Waals surface area contributed by atoms with E-state index in [2.05, 4.69) is 21.2 Å². The summed E-state index contributed by atoms with van der Waals surface area (Å²) in [5.41, 5.74) is 0.320. The van der Waals surface area contributed by atoms with E-state index in [9.17, 15) is 9.59 Å². The minimum Gasteiger partial charge on any atom is -0.323 e. The van der Waals surface area contributed by atoms with Crippen molar-refractivity contribution < 1.29 is 9.59 Å². The minimum absolute atomic E-state index is 0.0575. The lowest BCUT2D eigenvalue weighted by molar-refractivity contribution is -0.132. The zero-order valence-electron chi connectivity index (χ0n) is 11.2. The van der Waals surface area contributed by atoms with Crippen molar-refractivity contribution in [2.24, 2.45) is 0 Å². The molecule has 20 heavy (non-hydrogen) atoms. The summed E-state index contributed by atoms with van der Waals surface area (Å²) >= 11 is 3.46. The molecule has 1 spiro atoms. The van der Waals surface area contributed by atoms with Crippen molar-refractivity contribution in [3.63, 3.8) is 0 Å². The fourth-order valence-electron chi connectivity index (χ4n) is 3.11. The molecule has 0 unspecified atom stereocenters. The number of carbonyl (C=O) groups is 2. The number of benzene rings is 1. The number of nitrogens with zero attached hydrogens (tertiary/aromatic N) is 1. The molecule has 106 valence electrons. The van der Waals surface area contributed by atoms with Crippen LogP contribution in [0.5, 0.6) is 0 Å². The van der Waals surface area contributed by atoms with Gasteiger partial charge in [0.25, 0.3) is 5.91 Å². The molecule has 5 heteroatoms. The van der Waals surface area contributed by atoms with E-state index in [-0.39, 0.29) is 11.9 Å². The Kier molecular flexibility index (Phi) is 3.54. The van der Waals surface area contributed by atoms with Gasteiger partial charge in [0.1, 0.15) is 5.54 Å². The number of amides is 3. The first-order chi connectivity index (χ1) is 9.62. The van der Waals surface area contributed by atoms with E-state index in [0.29, 0.717) is 6.54 Å². The summed E-state index contributed by atoms with van der Waals surface area (Å²) in [5, 5.41) is 2.93. The van der Waals surface area contributed by atoms with Gasteiger partial charge in [0, 0.05) is 4.47 Å². The maximum Gasteiger partial charge on any atom is 0.325 e. The van der Waals surface area contributed by atoms with Crippen LogP contribution in [0.25, 0.3) is 0 Å². The summed E-state index contributed by atoms with van der Waals surface area (Å²) in [6, 6.07) is 7.42. The van der Waals surface area contributed by atoms with Gasteiger partial charge in [-0.3, -0.25) is 9.69 Å². The molecule has 1 aliphatic carbocycles. The molecule has 1 aromatic carbocycles. The van der Waals surface area contributed by atoms with Crippen LogP contribution in [0.1, 0.15) is 37.7 Å². The van der Waals surface area contributed by atoms with E-state index in [4.69, 9.17) is 0 Å². The van der Waals surface area contributed by atoms with E-state index in [1.807, 2.05) is 24.3 Å². The molecule has 1 heterocycles. The third kappa shape index (κ3) is 2.24. The third-order valence-corrected chi connectivity index (χ3v) is 5.01. The minimum atomic E-state index is -0.628. The molecule has 2 aliphatic rings. The molecule has 1 N–H and O–H groups in total. The molecule has 0 bridgehead atoms. The lowest BCUT2D eigenvalue weighted by atomic mass is 9.82. The second-order valence-electron chi connectivity index (χ2n) is 5.56. The lowest BCUT2D eigenvalue weighted by Gasteiger charge is -2.30. The Bertz CT molecular complexity index is 553. The van der Waals surface area contributed by atoms with Crippen molar-refractivity contribution >= 4 is 27.9 Å². The fourth-order valence-corrected chi connectivity index (χ4v) is 3.52. The highest BCUT2D eigenvalue weighted by Gasteiger charge is 2.51. The Hall–Kier alpha value is -1.36. The summed E-state index contributed by atoms with van der Waals surface area (Å²) in [7, 11) is 0. The van der Waals surface area contributed by atoms with E-state index in [1.54, 1.807) is 0 Å². The molecule has 1 saturated heterocycles. The molecule has 1 aromatic rings. The van der Waals surface area contributed by atoms with Crippen LogP contribution in [0.15, 0.2) is 28.7 Å². The topological polar surface area (TPSA) is 49.4 Å². The first kappa shape index (κ1) is 13.6. The largest absolute Gasteiger partial charge is 0.325 e. The molecular weight excluding hydrogens is 320 g/mol. The van der Waals surface area contributed by atoms with Gasteiger partial charge < -0.3 is 5.32 Å². The molecule has 0 atom stereocenters. The lowest BCUT2D eigenvalue weighted by Crippen LogP contribution is -2.48. The van der Waals surface area contributed by atoms with Crippen LogP contribution < -0.4 is 5.32 Å². The smallest absolute Gasteiger partial charge is 0.323 e. The van der Waals surface area contributed by atoms with Gasteiger partial charge in [-0.05, 0) is 24.5 Å². The normalized spacial score (nSPS) is 21.4. The van der Waals surface area contributed by atoms with E-state index in [0.717, 1.165) is 42.1 Å². The average molecular weight is 337 g/mol.